The molecule has 1 aliphatic heterocycles. The lowest BCUT2D eigenvalue weighted by Crippen LogP contribution is -2.47. The zero-order valence-corrected chi connectivity index (χ0v) is 29.2. The molecule has 4 aromatic carbocycles. The summed E-state index contributed by atoms with van der Waals surface area (Å²) in [5.41, 5.74) is 3.22. The third-order valence-electron chi connectivity index (χ3n) is 9.61. The Morgan fingerprint density at radius 1 is 0.745 bits per heavy atom. The molecule has 1 N–H and O–H groups in total. The van der Waals surface area contributed by atoms with Crippen molar-refractivity contribution in [3.8, 4) is 0 Å². The maximum absolute atomic E-state index is 6.31. The summed E-state index contributed by atoms with van der Waals surface area (Å²) < 4.78 is 15.6. The highest BCUT2D eigenvalue weighted by molar-refractivity contribution is 9.10. The Morgan fingerprint density at radius 3 is 1.77 bits per heavy atom. The minimum Gasteiger partial charge on any atom is -0.403 e. The van der Waals surface area contributed by atoms with Crippen LogP contribution < -0.4 is 5.32 Å². The van der Waals surface area contributed by atoms with Crippen LogP contribution in [0.5, 0.6) is 0 Å². The van der Waals surface area contributed by atoms with Crippen LogP contribution in [0.15, 0.2) is 120 Å². The number of nitrogens with zero attached hydrogens (tertiary/aromatic N) is 4. The molecule has 1 fully saturated rings. The van der Waals surface area contributed by atoms with E-state index < -0.39 is 5.54 Å². The molecule has 5 aromatic rings. The highest BCUT2D eigenvalue weighted by Gasteiger charge is 2.50. The van der Waals surface area contributed by atoms with E-state index in [2.05, 4.69) is 180 Å². The lowest BCUT2D eigenvalue weighted by atomic mass is 9.76. The van der Waals surface area contributed by atoms with Gasteiger partial charge < -0.3 is 9.31 Å². The number of benzene rings is 4. The van der Waals surface area contributed by atoms with Gasteiger partial charge in [0.1, 0.15) is 0 Å². The van der Waals surface area contributed by atoms with Crippen LogP contribution in [0, 0.1) is 0 Å². The maximum atomic E-state index is 6.31. The molecule has 6 rings (SSSR count). The highest BCUT2D eigenvalue weighted by Crippen LogP contribution is 2.41. The molecule has 9 heteroatoms. The van der Waals surface area contributed by atoms with Crippen molar-refractivity contribution in [1.82, 2.24) is 25.5 Å². The molecule has 0 saturated carbocycles. The minimum absolute atomic E-state index is 0.181. The molecule has 0 spiro atoms. The molecule has 0 amide bonds. The Balaban J connectivity index is 1.37. The van der Waals surface area contributed by atoms with Gasteiger partial charge in [0.2, 0.25) is 0 Å². The number of tetrazole rings is 1. The topological polar surface area (TPSA) is 74.1 Å². The molecule has 1 aromatic heterocycles. The van der Waals surface area contributed by atoms with Crippen LogP contribution in [0.4, 0.5) is 0 Å². The quantitative estimate of drug-likeness (QED) is 0.0760. The largest absolute Gasteiger partial charge is 0.457 e. The third-order valence-corrected chi connectivity index (χ3v) is 10.1. The van der Waals surface area contributed by atoms with E-state index in [9.17, 15) is 0 Å². The smallest absolute Gasteiger partial charge is 0.403 e. The Hall–Kier alpha value is -3.63. The fourth-order valence-corrected chi connectivity index (χ4v) is 6.68. The van der Waals surface area contributed by atoms with Crippen LogP contribution in [0.3, 0.4) is 0 Å². The molecule has 1 saturated heterocycles. The Kier molecular flexibility index (Phi) is 10.1. The van der Waals surface area contributed by atoms with Crippen LogP contribution >= 0.6 is 15.9 Å². The van der Waals surface area contributed by atoms with Gasteiger partial charge in [-0.05, 0) is 85.2 Å². The molecule has 242 valence electrons. The molecule has 1 atom stereocenters. The van der Waals surface area contributed by atoms with E-state index in [4.69, 9.17) is 9.31 Å². The Bertz CT molecular complexity index is 1600. The van der Waals surface area contributed by atoms with Crippen LogP contribution in [0.1, 0.15) is 81.1 Å². The van der Waals surface area contributed by atoms with Crippen LogP contribution in [0.2, 0.25) is 6.32 Å². The van der Waals surface area contributed by atoms with Crippen LogP contribution in [-0.4, -0.2) is 38.5 Å². The van der Waals surface area contributed by atoms with E-state index in [1.54, 1.807) is 0 Å². The third kappa shape index (κ3) is 7.29. The fourth-order valence-electron chi connectivity index (χ4n) is 6.42. The van der Waals surface area contributed by atoms with Gasteiger partial charge in [-0.25, -0.2) is 4.68 Å². The van der Waals surface area contributed by atoms with Gasteiger partial charge in [-0.15, -0.1) is 5.10 Å². The predicted octanol–water partition coefficient (Wildman–Crippen LogP) is 8.37. The second kappa shape index (κ2) is 14.2. The maximum Gasteiger partial charge on any atom is 0.457 e. The Morgan fingerprint density at radius 2 is 1.26 bits per heavy atom. The molecule has 7 nitrogen and oxygen atoms in total. The molecular weight excluding hydrogens is 649 g/mol. The summed E-state index contributed by atoms with van der Waals surface area (Å²) in [5, 5.41) is 17.5. The summed E-state index contributed by atoms with van der Waals surface area (Å²) in [4.78, 5) is 0. The van der Waals surface area contributed by atoms with Crippen molar-refractivity contribution in [1.29, 1.82) is 0 Å². The summed E-state index contributed by atoms with van der Waals surface area (Å²) in [6, 6.07) is 40.2. The summed E-state index contributed by atoms with van der Waals surface area (Å²) >= 11 is 3.56. The van der Waals surface area contributed by atoms with Gasteiger partial charge in [0, 0.05) is 4.47 Å². The number of aromatic nitrogens is 4. The normalized spacial score (nSPS) is 16.3. The molecule has 1 unspecified atom stereocenters. The van der Waals surface area contributed by atoms with Gasteiger partial charge in [-0.1, -0.05) is 132 Å². The van der Waals surface area contributed by atoms with Crippen molar-refractivity contribution in [2.24, 2.45) is 0 Å². The van der Waals surface area contributed by atoms with Crippen molar-refractivity contribution in [2.75, 3.05) is 0 Å². The molecular formula is C38H43BBrN5O2. The van der Waals surface area contributed by atoms with Gasteiger partial charge in [-0.3, -0.25) is 5.32 Å². The predicted molar refractivity (Wildman–Crippen MR) is 191 cm³/mol. The first-order valence-corrected chi connectivity index (χ1v) is 17.3. The number of nitrogens with one attached hydrogen (secondary N) is 1. The number of rotatable bonds is 13. The van der Waals surface area contributed by atoms with Crippen LogP contribution in [0.25, 0.3) is 0 Å². The number of unbranched alkanes of at least 4 members (excludes halogenated alkanes) is 1. The summed E-state index contributed by atoms with van der Waals surface area (Å²) in [7, 11) is -0.216. The van der Waals surface area contributed by atoms with Gasteiger partial charge in [-0.2, -0.15) is 0 Å². The van der Waals surface area contributed by atoms with E-state index in [1.807, 2.05) is 4.68 Å². The van der Waals surface area contributed by atoms with Crippen molar-refractivity contribution in [3.63, 3.8) is 0 Å². The summed E-state index contributed by atoms with van der Waals surface area (Å²) in [5.74, 6) is 0.802. The second-order valence-electron chi connectivity index (χ2n) is 13.3. The first-order valence-electron chi connectivity index (χ1n) is 16.5. The standard InChI is InChI=1S/C38H43BBrN5O2/c1-36(2)37(3,4)47-39(46-36)27-15-14-22-34(35-42-43-44-45(35)28-29-23-25-33(40)26-24-29)41-38(30-16-8-5-9-17-30,31-18-10-6-11-19-31)32-20-12-7-13-21-32/h5-13,16-21,23-26,34,41H,14-15,22,27-28H2,1-4H3. The van der Waals surface area contributed by atoms with Crippen molar-refractivity contribution in [2.45, 2.75) is 82.6 Å². The average Bonchev–Trinajstić information content (AvgIpc) is 3.62. The lowest BCUT2D eigenvalue weighted by Gasteiger charge is -2.40. The average molecular weight is 693 g/mol. The van der Waals surface area contributed by atoms with Gasteiger partial charge in [0.15, 0.2) is 5.82 Å². The summed E-state index contributed by atoms with van der Waals surface area (Å²) in [6.07, 6.45) is 3.51. The zero-order valence-electron chi connectivity index (χ0n) is 27.6. The number of halogens is 1. The van der Waals surface area contributed by atoms with Crippen molar-refractivity contribution >= 4 is 23.0 Å². The summed E-state index contributed by atoms with van der Waals surface area (Å²) in [6.45, 7) is 8.99. The van der Waals surface area contributed by atoms with Gasteiger partial charge >= 0.3 is 7.12 Å². The number of hydrogen-bond donors (Lipinski definition) is 1. The van der Waals surface area contributed by atoms with E-state index in [-0.39, 0.29) is 24.4 Å². The van der Waals surface area contributed by atoms with Gasteiger partial charge in [0.25, 0.3) is 0 Å². The lowest BCUT2D eigenvalue weighted by molar-refractivity contribution is 0.00578. The van der Waals surface area contributed by atoms with Crippen LogP contribution in [-0.2, 0) is 21.4 Å². The molecule has 0 bridgehead atoms. The van der Waals surface area contributed by atoms with Crippen molar-refractivity contribution < 1.29 is 9.31 Å². The molecule has 0 radical (unpaired) electrons. The molecule has 2 heterocycles. The monoisotopic (exact) mass is 691 g/mol. The van der Waals surface area contributed by atoms with E-state index in [1.165, 1.54) is 0 Å². The zero-order chi connectivity index (χ0) is 32.9. The highest BCUT2D eigenvalue weighted by atomic mass is 79.9. The van der Waals surface area contributed by atoms with E-state index >= 15 is 0 Å². The van der Waals surface area contributed by atoms with E-state index in [0.717, 1.165) is 58.1 Å². The van der Waals surface area contributed by atoms with Gasteiger partial charge in [0.05, 0.1) is 29.3 Å². The van der Waals surface area contributed by atoms with E-state index in [0.29, 0.717) is 6.54 Å². The fraction of sp³-hybridized carbons (Fsp3) is 0.342. The molecule has 1 aliphatic rings. The number of hydrogen-bond acceptors (Lipinski definition) is 6. The molecule has 0 aliphatic carbocycles. The first kappa shape index (κ1) is 33.3. The Labute approximate surface area is 287 Å². The minimum atomic E-state index is -0.672. The molecule has 47 heavy (non-hydrogen) atoms. The SMILES string of the molecule is CC1(C)OB(CCCCC(NC(c2ccccc2)(c2ccccc2)c2ccccc2)c2nnnn2Cc2ccc(Br)cc2)OC1(C)C. The second-order valence-corrected chi connectivity index (χ2v) is 14.3. The first-order chi connectivity index (χ1) is 22.7. The van der Waals surface area contributed by atoms with Crippen molar-refractivity contribution in [3.05, 3.63) is 148 Å².